The summed E-state index contributed by atoms with van der Waals surface area (Å²) in [5.41, 5.74) is 0.331. The smallest absolute Gasteiger partial charge is 0.233 e. The fraction of sp³-hybridized carbons (Fsp3) is 0.875. The van der Waals surface area contributed by atoms with Gasteiger partial charge in [-0.05, 0) is 18.8 Å². The molecule has 0 bridgehead atoms. The lowest BCUT2D eigenvalue weighted by atomic mass is 10.2. The summed E-state index contributed by atoms with van der Waals surface area (Å²) >= 11 is 3.22. The second-order valence-corrected chi connectivity index (χ2v) is 5.24. The van der Waals surface area contributed by atoms with Crippen LogP contribution in [0.15, 0.2) is 0 Å². The zero-order chi connectivity index (χ0) is 8.65. The van der Waals surface area contributed by atoms with Crippen LogP contribution in [0.5, 0.6) is 0 Å². The number of hydrogen-bond acceptors (Lipinski definition) is 1. The first kappa shape index (κ1) is 9.04. The van der Waals surface area contributed by atoms with Crippen LogP contribution < -0.4 is 5.32 Å². The van der Waals surface area contributed by atoms with Gasteiger partial charge in [-0.25, -0.2) is 0 Å². The van der Waals surface area contributed by atoms with E-state index in [1.54, 1.807) is 0 Å². The van der Waals surface area contributed by atoms with E-state index in [-0.39, 0.29) is 10.7 Å². The molecule has 0 aliphatic heterocycles. The Morgan fingerprint density at radius 3 is 2.45 bits per heavy atom. The predicted octanol–water partition coefficient (Wildman–Crippen LogP) is 1.68. The molecule has 0 spiro atoms. The first-order valence-electron chi connectivity index (χ1n) is 3.88. The maximum Gasteiger partial charge on any atom is 0.233 e. The zero-order valence-corrected chi connectivity index (χ0v) is 8.73. The number of hydrogen-bond donors (Lipinski definition) is 1. The zero-order valence-electron chi connectivity index (χ0n) is 7.15. The lowest BCUT2D eigenvalue weighted by Gasteiger charge is -2.07. The highest BCUT2D eigenvalue weighted by Crippen LogP contribution is 2.44. The summed E-state index contributed by atoms with van der Waals surface area (Å²) in [6.07, 6.45) is 1.11. The molecule has 1 aliphatic rings. The Labute approximate surface area is 75.9 Å². The Morgan fingerprint density at radius 2 is 2.18 bits per heavy atom. The minimum absolute atomic E-state index is 0.0705. The molecule has 0 saturated heterocycles. The van der Waals surface area contributed by atoms with Gasteiger partial charge in [0.1, 0.15) is 0 Å². The van der Waals surface area contributed by atoms with Gasteiger partial charge >= 0.3 is 0 Å². The minimum Gasteiger partial charge on any atom is -0.352 e. The van der Waals surface area contributed by atoms with Crippen molar-refractivity contribution in [2.45, 2.75) is 38.1 Å². The van der Waals surface area contributed by atoms with Crippen LogP contribution in [0.2, 0.25) is 0 Å². The Bertz CT molecular complexity index is 177. The van der Waals surface area contributed by atoms with E-state index in [1.807, 2.05) is 6.92 Å². The molecule has 0 aromatic heterocycles. The largest absolute Gasteiger partial charge is 0.352 e. The maximum atomic E-state index is 11.1. The Hall–Kier alpha value is -0.0500. The van der Waals surface area contributed by atoms with E-state index in [2.05, 4.69) is 35.1 Å². The van der Waals surface area contributed by atoms with Crippen LogP contribution in [0.3, 0.4) is 0 Å². The number of amides is 1. The number of rotatable bonds is 2. The SMILES string of the molecule is CC(Br)C(=O)NC1CC1(C)C. The molecule has 11 heavy (non-hydrogen) atoms. The molecule has 64 valence electrons. The molecule has 2 nitrogen and oxygen atoms in total. The van der Waals surface area contributed by atoms with Crippen molar-refractivity contribution in [3.8, 4) is 0 Å². The van der Waals surface area contributed by atoms with E-state index in [1.165, 1.54) is 0 Å². The highest BCUT2D eigenvalue weighted by molar-refractivity contribution is 9.10. The summed E-state index contributed by atoms with van der Waals surface area (Å²) < 4.78 is 0. The minimum atomic E-state index is -0.0705. The summed E-state index contributed by atoms with van der Waals surface area (Å²) in [4.78, 5) is 11.1. The summed E-state index contributed by atoms with van der Waals surface area (Å²) in [5, 5.41) is 2.96. The third-order valence-corrected chi connectivity index (χ3v) is 2.61. The van der Waals surface area contributed by atoms with E-state index in [0.29, 0.717) is 11.5 Å². The summed E-state index contributed by atoms with van der Waals surface area (Å²) in [7, 11) is 0. The van der Waals surface area contributed by atoms with E-state index in [9.17, 15) is 4.79 Å². The van der Waals surface area contributed by atoms with Crippen LogP contribution in [0.4, 0.5) is 0 Å². The van der Waals surface area contributed by atoms with Crippen LogP contribution in [-0.2, 0) is 4.79 Å². The second-order valence-electron chi connectivity index (χ2n) is 3.87. The molecule has 0 aromatic carbocycles. The molecule has 1 rings (SSSR count). The van der Waals surface area contributed by atoms with E-state index in [4.69, 9.17) is 0 Å². The van der Waals surface area contributed by atoms with Gasteiger partial charge in [0.25, 0.3) is 0 Å². The summed E-state index contributed by atoms with van der Waals surface area (Å²) in [5.74, 6) is 0.0978. The van der Waals surface area contributed by atoms with Gasteiger partial charge in [-0.2, -0.15) is 0 Å². The quantitative estimate of drug-likeness (QED) is 0.705. The van der Waals surface area contributed by atoms with Crippen LogP contribution in [-0.4, -0.2) is 16.8 Å². The maximum absolute atomic E-state index is 11.1. The average Bonchev–Trinajstić information content (AvgIpc) is 2.39. The molecule has 0 heterocycles. The molecule has 0 radical (unpaired) electrons. The highest BCUT2D eigenvalue weighted by atomic mass is 79.9. The van der Waals surface area contributed by atoms with Gasteiger partial charge in [0.05, 0.1) is 4.83 Å². The molecule has 1 fully saturated rings. The fourth-order valence-corrected chi connectivity index (χ4v) is 1.13. The van der Waals surface area contributed by atoms with Gasteiger partial charge < -0.3 is 5.32 Å². The third-order valence-electron chi connectivity index (χ3n) is 2.19. The Balaban J connectivity index is 2.29. The normalized spacial score (nSPS) is 29.3. The molecule has 1 amide bonds. The highest BCUT2D eigenvalue weighted by Gasteiger charge is 2.46. The first-order valence-corrected chi connectivity index (χ1v) is 4.79. The van der Waals surface area contributed by atoms with Crippen molar-refractivity contribution in [3.05, 3.63) is 0 Å². The van der Waals surface area contributed by atoms with Crippen molar-refractivity contribution >= 4 is 21.8 Å². The molecule has 0 aromatic rings. The Kier molecular flexibility index (Phi) is 2.28. The molecular formula is C8H14BrNO. The Morgan fingerprint density at radius 1 is 1.73 bits per heavy atom. The number of nitrogens with one attached hydrogen (secondary N) is 1. The lowest BCUT2D eigenvalue weighted by Crippen LogP contribution is -2.33. The molecule has 1 N–H and O–H groups in total. The van der Waals surface area contributed by atoms with Crippen molar-refractivity contribution in [2.75, 3.05) is 0 Å². The van der Waals surface area contributed by atoms with E-state index in [0.717, 1.165) is 6.42 Å². The van der Waals surface area contributed by atoms with Gasteiger partial charge in [0.2, 0.25) is 5.91 Å². The van der Waals surface area contributed by atoms with Crippen molar-refractivity contribution in [1.82, 2.24) is 5.32 Å². The van der Waals surface area contributed by atoms with Gasteiger partial charge in [-0.3, -0.25) is 4.79 Å². The molecule has 2 atom stereocenters. The second kappa shape index (κ2) is 2.77. The van der Waals surface area contributed by atoms with Crippen molar-refractivity contribution in [2.24, 2.45) is 5.41 Å². The van der Waals surface area contributed by atoms with Gasteiger partial charge in [-0.15, -0.1) is 0 Å². The average molecular weight is 220 g/mol. The molecule has 2 unspecified atom stereocenters. The van der Waals surface area contributed by atoms with E-state index >= 15 is 0 Å². The van der Waals surface area contributed by atoms with Crippen LogP contribution in [0.1, 0.15) is 27.2 Å². The van der Waals surface area contributed by atoms with Crippen molar-refractivity contribution in [3.63, 3.8) is 0 Å². The van der Waals surface area contributed by atoms with Crippen molar-refractivity contribution < 1.29 is 4.79 Å². The van der Waals surface area contributed by atoms with Gasteiger partial charge in [0, 0.05) is 6.04 Å². The van der Waals surface area contributed by atoms with Gasteiger partial charge in [-0.1, -0.05) is 29.8 Å². The first-order chi connectivity index (χ1) is 4.93. The number of halogens is 1. The lowest BCUT2D eigenvalue weighted by molar-refractivity contribution is -0.120. The standard InChI is InChI=1S/C8H14BrNO/c1-5(9)7(11)10-6-4-8(6,2)3/h5-6H,4H2,1-3H3,(H,10,11). The monoisotopic (exact) mass is 219 g/mol. The molecule has 1 saturated carbocycles. The number of carbonyl (C=O) groups excluding carboxylic acids is 1. The fourth-order valence-electron chi connectivity index (χ4n) is 1.00. The molecule has 1 aliphatic carbocycles. The van der Waals surface area contributed by atoms with Crippen LogP contribution in [0.25, 0.3) is 0 Å². The van der Waals surface area contributed by atoms with E-state index < -0.39 is 0 Å². The topological polar surface area (TPSA) is 29.1 Å². The number of alkyl halides is 1. The summed E-state index contributed by atoms with van der Waals surface area (Å²) in [6.45, 7) is 6.17. The molecular weight excluding hydrogens is 206 g/mol. The van der Waals surface area contributed by atoms with Crippen LogP contribution >= 0.6 is 15.9 Å². The van der Waals surface area contributed by atoms with Gasteiger partial charge in [0.15, 0.2) is 0 Å². The van der Waals surface area contributed by atoms with Crippen molar-refractivity contribution in [1.29, 1.82) is 0 Å². The molecule has 3 heteroatoms. The predicted molar refractivity (Wildman–Crippen MR) is 48.7 cm³/mol. The summed E-state index contributed by atoms with van der Waals surface area (Å²) in [6, 6.07) is 0.398. The number of carbonyl (C=O) groups is 1. The third kappa shape index (κ3) is 2.19. The van der Waals surface area contributed by atoms with Crippen LogP contribution in [0, 0.1) is 5.41 Å².